The fourth-order valence-corrected chi connectivity index (χ4v) is 4.18. The SMILES string of the molecule is CCC1(C(=O)O)CCN(C(=O)NCC2CCCCS2)C1. The fraction of sp³-hybridized carbons (Fsp3) is 0.857. The zero-order chi connectivity index (χ0) is 14.6. The third-order valence-corrected chi connectivity index (χ3v) is 5.92. The van der Waals surface area contributed by atoms with E-state index in [9.17, 15) is 14.7 Å². The molecule has 2 saturated heterocycles. The van der Waals surface area contributed by atoms with Crippen LogP contribution in [0.5, 0.6) is 0 Å². The lowest BCUT2D eigenvalue weighted by Crippen LogP contribution is -2.43. The minimum Gasteiger partial charge on any atom is -0.481 e. The quantitative estimate of drug-likeness (QED) is 0.835. The number of carbonyl (C=O) groups is 2. The highest BCUT2D eigenvalue weighted by Gasteiger charge is 2.44. The van der Waals surface area contributed by atoms with E-state index in [0.717, 1.165) is 0 Å². The molecule has 2 atom stereocenters. The fourth-order valence-electron chi connectivity index (χ4n) is 2.94. The summed E-state index contributed by atoms with van der Waals surface area (Å²) in [6, 6.07) is -0.104. The zero-order valence-electron chi connectivity index (χ0n) is 12.1. The molecule has 114 valence electrons. The number of thioether (sulfide) groups is 1. The Morgan fingerprint density at radius 2 is 2.25 bits per heavy atom. The van der Waals surface area contributed by atoms with E-state index in [1.54, 1.807) is 4.90 Å². The molecule has 2 amide bonds. The summed E-state index contributed by atoms with van der Waals surface area (Å²) < 4.78 is 0. The third kappa shape index (κ3) is 3.40. The van der Waals surface area contributed by atoms with E-state index >= 15 is 0 Å². The normalized spacial score (nSPS) is 30.2. The zero-order valence-corrected chi connectivity index (χ0v) is 12.9. The number of nitrogens with one attached hydrogen (secondary N) is 1. The first-order valence-corrected chi connectivity index (χ1v) is 8.50. The molecule has 0 spiro atoms. The molecule has 20 heavy (non-hydrogen) atoms. The molecule has 2 rings (SSSR count). The van der Waals surface area contributed by atoms with Gasteiger partial charge >= 0.3 is 12.0 Å². The number of hydrogen-bond acceptors (Lipinski definition) is 3. The molecular formula is C14H24N2O3S. The molecule has 0 bridgehead atoms. The number of aliphatic carboxylic acids is 1. The molecule has 0 aromatic heterocycles. The maximum absolute atomic E-state index is 12.1. The second-order valence-corrected chi connectivity index (χ2v) is 7.19. The van der Waals surface area contributed by atoms with Gasteiger partial charge in [-0.2, -0.15) is 11.8 Å². The summed E-state index contributed by atoms with van der Waals surface area (Å²) in [4.78, 5) is 25.2. The van der Waals surface area contributed by atoms with Gasteiger partial charge in [-0.3, -0.25) is 4.79 Å². The number of rotatable bonds is 4. The molecule has 0 saturated carbocycles. The van der Waals surface area contributed by atoms with E-state index in [-0.39, 0.29) is 6.03 Å². The van der Waals surface area contributed by atoms with Crippen molar-refractivity contribution in [2.75, 3.05) is 25.4 Å². The van der Waals surface area contributed by atoms with E-state index in [2.05, 4.69) is 5.32 Å². The van der Waals surface area contributed by atoms with Gasteiger partial charge in [0, 0.05) is 24.9 Å². The van der Waals surface area contributed by atoms with Crippen molar-refractivity contribution in [3.63, 3.8) is 0 Å². The summed E-state index contributed by atoms with van der Waals surface area (Å²) in [7, 11) is 0. The van der Waals surface area contributed by atoms with E-state index in [1.165, 1.54) is 25.0 Å². The number of urea groups is 1. The highest BCUT2D eigenvalue weighted by Crippen LogP contribution is 2.34. The predicted octanol–water partition coefficient (Wildman–Crippen LogP) is 2.17. The van der Waals surface area contributed by atoms with Crippen LogP contribution in [0, 0.1) is 5.41 Å². The number of nitrogens with zero attached hydrogens (tertiary/aromatic N) is 1. The monoisotopic (exact) mass is 300 g/mol. The summed E-state index contributed by atoms with van der Waals surface area (Å²) in [6.07, 6.45) is 4.82. The lowest BCUT2D eigenvalue weighted by Gasteiger charge is -2.25. The molecule has 0 radical (unpaired) electrons. The summed E-state index contributed by atoms with van der Waals surface area (Å²) >= 11 is 1.93. The Bertz CT molecular complexity index is 371. The van der Waals surface area contributed by atoms with Crippen LogP contribution < -0.4 is 5.32 Å². The van der Waals surface area contributed by atoms with Crippen molar-refractivity contribution in [1.82, 2.24) is 10.2 Å². The lowest BCUT2D eigenvalue weighted by molar-refractivity contribution is -0.148. The maximum Gasteiger partial charge on any atom is 0.317 e. The van der Waals surface area contributed by atoms with Crippen LogP contribution in [0.3, 0.4) is 0 Å². The molecule has 6 heteroatoms. The standard InChI is InChI=1S/C14H24N2O3S/c1-2-14(12(17)18)6-7-16(10-14)13(19)15-9-11-5-3-4-8-20-11/h11H,2-10H2,1H3,(H,15,19)(H,17,18). The van der Waals surface area contributed by atoms with Crippen LogP contribution >= 0.6 is 11.8 Å². The number of amides is 2. The molecule has 2 fully saturated rings. The Kier molecular flexibility index (Phi) is 5.18. The van der Waals surface area contributed by atoms with E-state index in [0.29, 0.717) is 37.7 Å². The van der Waals surface area contributed by atoms with Crippen LogP contribution in [-0.4, -0.2) is 52.6 Å². The Hall–Kier alpha value is -0.910. The molecule has 2 aliphatic heterocycles. The summed E-state index contributed by atoms with van der Waals surface area (Å²) in [6.45, 7) is 3.46. The van der Waals surface area contributed by atoms with Crippen LogP contribution in [0.1, 0.15) is 39.0 Å². The maximum atomic E-state index is 12.1. The minimum atomic E-state index is -0.780. The first kappa shape index (κ1) is 15.5. The first-order valence-electron chi connectivity index (χ1n) is 7.45. The Morgan fingerprint density at radius 3 is 2.80 bits per heavy atom. The van der Waals surface area contributed by atoms with Gasteiger partial charge in [-0.15, -0.1) is 0 Å². The summed E-state index contributed by atoms with van der Waals surface area (Å²) in [5, 5.41) is 12.8. The van der Waals surface area contributed by atoms with Gasteiger partial charge in [-0.25, -0.2) is 4.79 Å². The number of carboxylic acids is 1. The van der Waals surface area contributed by atoms with Gasteiger partial charge in [0.05, 0.1) is 5.41 Å². The molecule has 2 heterocycles. The second kappa shape index (κ2) is 6.70. The third-order valence-electron chi connectivity index (χ3n) is 4.53. The highest BCUT2D eigenvalue weighted by molar-refractivity contribution is 7.99. The topological polar surface area (TPSA) is 69.6 Å². The Balaban J connectivity index is 1.80. The van der Waals surface area contributed by atoms with Crippen molar-refractivity contribution in [3.05, 3.63) is 0 Å². The van der Waals surface area contributed by atoms with Crippen molar-refractivity contribution >= 4 is 23.8 Å². The van der Waals surface area contributed by atoms with Crippen LogP contribution in [0.4, 0.5) is 4.79 Å². The first-order chi connectivity index (χ1) is 9.57. The number of carbonyl (C=O) groups excluding carboxylic acids is 1. The van der Waals surface area contributed by atoms with Crippen LogP contribution in [-0.2, 0) is 4.79 Å². The van der Waals surface area contributed by atoms with Crippen LogP contribution in [0.15, 0.2) is 0 Å². The van der Waals surface area contributed by atoms with Gasteiger partial charge in [0.25, 0.3) is 0 Å². The van der Waals surface area contributed by atoms with E-state index in [1.807, 2.05) is 18.7 Å². The van der Waals surface area contributed by atoms with Gasteiger partial charge in [-0.05, 0) is 31.4 Å². The molecule has 0 aromatic carbocycles. The van der Waals surface area contributed by atoms with Gasteiger partial charge in [-0.1, -0.05) is 13.3 Å². The summed E-state index contributed by atoms with van der Waals surface area (Å²) in [5.74, 6) is 0.403. The summed E-state index contributed by atoms with van der Waals surface area (Å²) in [5.41, 5.74) is -0.739. The van der Waals surface area contributed by atoms with Gasteiger partial charge in [0.1, 0.15) is 0 Å². The van der Waals surface area contributed by atoms with Crippen molar-refractivity contribution < 1.29 is 14.7 Å². The number of likely N-dealkylation sites (tertiary alicyclic amines) is 1. The van der Waals surface area contributed by atoms with E-state index < -0.39 is 11.4 Å². The lowest BCUT2D eigenvalue weighted by atomic mass is 9.84. The molecule has 2 aliphatic rings. The van der Waals surface area contributed by atoms with Crippen molar-refractivity contribution in [2.45, 2.75) is 44.3 Å². The predicted molar refractivity (Wildman–Crippen MR) is 80.0 cm³/mol. The average molecular weight is 300 g/mol. The number of hydrogen-bond donors (Lipinski definition) is 2. The van der Waals surface area contributed by atoms with Gasteiger partial charge in [0.15, 0.2) is 0 Å². The molecule has 2 N–H and O–H groups in total. The van der Waals surface area contributed by atoms with Crippen molar-refractivity contribution in [3.8, 4) is 0 Å². The Labute approximate surface area is 124 Å². The van der Waals surface area contributed by atoms with Crippen LogP contribution in [0.25, 0.3) is 0 Å². The van der Waals surface area contributed by atoms with Gasteiger partial charge in [0.2, 0.25) is 0 Å². The smallest absolute Gasteiger partial charge is 0.317 e. The highest BCUT2D eigenvalue weighted by atomic mass is 32.2. The average Bonchev–Trinajstić information content (AvgIpc) is 2.92. The van der Waals surface area contributed by atoms with Crippen LogP contribution in [0.2, 0.25) is 0 Å². The molecular weight excluding hydrogens is 276 g/mol. The molecule has 2 unspecified atom stereocenters. The van der Waals surface area contributed by atoms with Crippen molar-refractivity contribution in [2.24, 2.45) is 5.41 Å². The molecule has 0 aromatic rings. The van der Waals surface area contributed by atoms with E-state index in [4.69, 9.17) is 0 Å². The van der Waals surface area contributed by atoms with Crippen molar-refractivity contribution in [1.29, 1.82) is 0 Å². The second-order valence-electron chi connectivity index (χ2n) is 5.79. The molecule has 5 nitrogen and oxygen atoms in total. The minimum absolute atomic E-state index is 0.104. The van der Waals surface area contributed by atoms with Gasteiger partial charge < -0.3 is 15.3 Å². The Morgan fingerprint density at radius 1 is 1.45 bits per heavy atom. The largest absolute Gasteiger partial charge is 0.481 e. The molecule has 0 aliphatic carbocycles. The number of carboxylic acid groups (broad SMARTS) is 1.